The third-order valence-corrected chi connectivity index (χ3v) is 4.64. The molecular weight excluding hydrogens is 367 g/mol. The highest BCUT2D eigenvalue weighted by Crippen LogP contribution is 2.36. The predicted octanol–water partition coefficient (Wildman–Crippen LogP) is 3.22. The van der Waals surface area contributed by atoms with Gasteiger partial charge in [-0.25, -0.2) is 9.65 Å². The number of benzene rings is 1. The molecule has 0 heterocycles. The van der Waals surface area contributed by atoms with Crippen molar-refractivity contribution in [3.63, 3.8) is 0 Å². The Morgan fingerprint density at radius 3 is 2.22 bits per heavy atom. The van der Waals surface area contributed by atoms with E-state index in [4.69, 9.17) is 14.0 Å². The van der Waals surface area contributed by atoms with Crippen LogP contribution in [-0.2, 0) is 15.5 Å². The molecular formula is C19H36N2O5P+. The number of hydrogen-bond donors (Lipinski definition) is 2. The van der Waals surface area contributed by atoms with Gasteiger partial charge < -0.3 is 18.9 Å². The Labute approximate surface area is 163 Å². The fraction of sp³-hybridized carbons (Fsp3) is 0.684. The number of likely N-dealkylation sites (N-methyl/N-ethyl adjacent to an activating group) is 1. The van der Waals surface area contributed by atoms with E-state index >= 15 is 0 Å². The number of nitrogens with one attached hydrogen (secondary N) is 1. The lowest BCUT2D eigenvalue weighted by Gasteiger charge is -2.24. The van der Waals surface area contributed by atoms with Crippen molar-refractivity contribution in [2.24, 2.45) is 0 Å². The summed E-state index contributed by atoms with van der Waals surface area (Å²) < 4.78 is 29.5. The summed E-state index contributed by atoms with van der Waals surface area (Å²) in [7, 11) is 2.21. The van der Waals surface area contributed by atoms with Crippen molar-refractivity contribution in [1.29, 1.82) is 0 Å². The minimum atomic E-state index is -3.79. The van der Waals surface area contributed by atoms with Crippen molar-refractivity contribution in [2.45, 2.75) is 46.3 Å². The lowest BCUT2D eigenvalue weighted by atomic mass is 10.1. The van der Waals surface area contributed by atoms with Crippen molar-refractivity contribution in [1.82, 2.24) is 5.09 Å². The van der Waals surface area contributed by atoms with Crippen molar-refractivity contribution < 1.29 is 27.9 Å². The van der Waals surface area contributed by atoms with Gasteiger partial charge in [-0.2, -0.15) is 0 Å². The van der Waals surface area contributed by atoms with Gasteiger partial charge in [0.25, 0.3) is 0 Å². The summed E-state index contributed by atoms with van der Waals surface area (Å²) in [5.41, 5.74) is 0.987. The molecule has 0 aliphatic heterocycles. The highest BCUT2D eigenvalue weighted by atomic mass is 31.2. The van der Waals surface area contributed by atoms with Crippen LogP contribution in [0.4, 0.5) is 0 Å². The fourth-order valence-electron chi connectivity index (χ4n) is 2.23. The second-order valence-electron chi connectivity index (χ2n) is 8.14. The van der Waals surface area contributed by atoms with Crippen molar-refractivity contribution in [2.75, 3.05) is 40.8 Å². The smallest absolute Gasteiger partial charge is 0.403 e. The molecule has 0 amide bonds. The molecule has 27 heavy (non-hydrogen) atoms. The molecule has 1 atom stereocenters. The normalized spacial score (nSPS) is 14.4. The summed E-state index contributed by atoms with van der Waals surface area (Å²) in [4.78, 5) is 9.88. The molecule has 0 aromatic heterocycles. The first kappa shape index (κ1) is 23.9. The number of quaternary nitrogens is 1. The van der Waals surface area contributed by atoms with Crippen LogP contribution in [0.15, 0.2) is 18.2 Å². The third kappa shape index (κ3) is 10.7. The first-order valence-corrected chi connectivity index (χ1v) is 10.9. The minimum Gasteiger partial charge on any atom is -0.487 e. The molecule has 1 aromatic carbocycles. The molecule has 0 aliphatic rings. The summed E-state index contributed by atoms with van der Waals surface area (Å²) in [5.74, 6) is 1.38. The molecule has 0 aliphatic carbocycles. The van der Waals surface area contributed by atoms with E-state index in [1.807, 2.05) is 67.0 Å². The van der Waals surface area contributed by atoms with Crippen LogP contribution in [0.3, 0.4) is 0 Å². The Kier molecular flexibility index (Phi) is 9.25. The summed E-state index contributed by atoms with van der Waals surface area (Å²) in [6, 6.07) is 5.73. The van der Waals surface area contributed by atoms with Crippen LogP contribution >= 0.6 is 7.75 Å². The summed E-state index contributed by atoms with van der Waals surface area (Å²) >= 11 is 0. The molecule has 1 aromatic rings. The van der Waals surface area contributed by atoms with Gasteiger partial charge in [0.15, 0.2) is 11.5 Å². The topological polar surface area (TPSA) is 77.0 Å². The van der Waals surface area contributed by atoms with E-state index in [-0.39, 0.29) is 18.8 Å². The Morgan fingerprint density at radius 1 is 1.07 bits per heavy atom. The van der Waals surface area contributed by atoms with Crippen LogP contribution in [-0.4, -0.2) is 62.4 Å². The van der Waals surface area contributed by atoms with Gasteiger partial charge in [0.2, 0.25) is 0 Å². The number of ether oxygens (including phenoxy) is 2. The second kappa shape index (κ2) is 10.4. The maximum Gasteiger partial charge on any atom is 0.403 e. The molecule has 0 spiro atoms. The van der Waals surface area contributed by atoms with Crippen LogP contribution in [0.25, 0.3) is 0 Å². The van der Waals surface area contributed by atoms with Crippen LogP contribution in [0.1, 0.15) is 33.3 Å². The largest absolute Gasteiger partial charge is 0.487 e. The highest BCUT2D eigenvalue weighted by molar-refractivity contribution is 7.50. The molecule has 156 valence electrons. The number of hydrogen-bond acceptors (Lipinski definition) is 4. The Morgan fingerprint density at radius 2 is 1.67 bits per heavy atom. The van der Waals surface area contributed by atoms with E-state index in [0.29, 0.717) is 35.5 Å². The molecule has 7 nitrogen and oxygen atoms in total. The van der Waals surface area contributed by atoms with E-state index in [0.717, 1.165) is 5.56 Å². The standard InChI is InChI=1S/C19H35N2O5P/c1-15(2)25-18-9-8-17(14-19(18)26-16(3)4)10-11-20-27(22,23)24-13-12-21(5,6)7/h8-9,14-16H,10-13H2,1-7H3,(H-,20,22,23)/p+1. The zero-order valence-corrected chi connectivity index (χ0v) is 18.6. The van der Waals surface area contributed by atoms with Gasteiger partial charge in [-0.1, -0.05) is 6.07 Å². The SMILES string of the molecule is CC(C)Oc1ccc(CCNP(=O)(O)OCC[N+](C)(C)C)cc1OC(C)C. The van der Waals surface area contributed by atoms with E-state index < -0.39 is 7.75 Å². The maximum absolute atomic E-state index is 12.0. The number of rotatable bonds is 12. The zero-order chi connectivity index (χ0) is 20.7. The predicted molar refractivity (Wildman–Crippen MR) is 108 cm³/mol. The third-order valence-electron chi connectivity index (χ3n) is 3.49. The minimum absolute atomic E-state index is 0.0279. The van der Waals surface area contributed by atoms with Crippen LogP contribution in [0.5, 0.6) is 11.5 Å². The van der Waals surface area contributed by atoms with E-state index in [1.165, 1.54) is 0 Å². The quantitative estimate of drug-likeness (QED) is 0.412. The van der Waals surface area contributed by atoms with Gasteiger partial charge >= 0.3 is 7.75 Å². The Balaban J connectivity index is 2.61. The first-order chi connectivity index (χ1) is 12.4. The van der Waals surface area contributed by atoms with Crippen LogP contribution < -0.4 is 14.6 Å². The molecule has 1 rings (SSSR count). The van der Waals surface area contributed by atoms with Crippen molar-refractivity contribution in [3.8, 4) is 11.5 Å². The number of nitrogens with zero attached hydrogens (tertiary/aromatic N) is 1. The van der Waals surface area contributed by atoms with Crippen molar-refractivity contribution in [3.05, 3.63) is 23.8 Å². The van der Waals surface area contributed by atoms with Gasteiger partial charge in [0.05, 0.1) is 33.4 Å². The molecule has 8 heteroatoms. The van der Waals surface area contributed by atoms with Crippen LogP contribution in [0, 0.1) is 0 Å². The molecule has 0 saturated heterocycles. The van der Waals surface area contributed by atoms with Gasteiger partial charge in [0, 0.05) is 6.54 Å². The van der Waals surface area contributed by atoms with E-state index in [2.05, 4.69) is 5.09 Å². The maximum atomic E-state index is 12.0. The van der Waals surface area contributed by atoms with E-state index in [1.54, 1.807) is 0 Å². The summed E-state index contributed by atoms with van der Waals surface area (Å²) in [6.07, 6.45) is 0.649. The molecule has 1 unspecified atom stereocenters. The monoisotopic (exact) mass is 403 g/mol. The second-order valence-corrected chi connectivity index (χ2v) is 9.76. The molecule has 0 bridgehead atoms. The Hall–Kier alpha value is -1.11. The zero-order valence-electron chi connectivity index (χ0n) is 17.7. The lowest BCUT2D eigenvalue weighted by molar-refractivity contribution is -0.870. The highest BCUT2D eigenvalue weighted by Gasteiger charge is 2.20. The Bertz CT molecular complexity index is 629. The van der Waals surface area contributed by atoms with Gasteiger partial charge in [-0.3, -0.25) is 4.52 Å². The molecule has 0 saturated carbocycles. The first-order valence-electron chi connectivity index (χ1n) is 9.37. The summed E-state index contributed by atoms with van der Waals surface area (Å²) in [5, 5.41) is 2.61. The molecule has 0 fully saturated rings. The van der Waals surface area contributed by atoms with Gasteiger partial charge in [-0.05, 0) is 51.8 Å². The molecule has 0 radical (unpaired) electrons. The lowest BCUT2D eigenvalue weighted by Crippen LogP contribution is -2.37. The average Bonchev–Trinajstić information content (AvgIpc) is 2.47. The molecule has 2 N–H and O–H groups in total. The fourth-order valence-corrected chi connectivity index (χ4v) is 3.05. The van der Waals surface area contributed by atoms with E-state index in [9.17, 15) is 9.46 Å². The van der Waals surface area contributed by atoms with Crippen LogP contribution in [0.2, 0.25) is 0 Å². The van der Waals surface area contributed by atoms with Gasteiger partial charge in [0.1, 0.15) is 13.2 Å². The summed E-state index contributed by atoms with van der Waals surface area (Å²) in [6.45, 7) is 9.05. The van der Waals surface area contributed by atoms with Gasteiger partial charge in [-0.15, -0.1) is 0 Å². The average molecular weight is 403 g/mol. The van der Waals surface area contributed by atoms with Crippen molar-refractivity contribution >= 4 is 7.75 Å².